The summed E-state index contributed by atoms with van der Waals surface area (Å²) in [5, 5.41) is 18.1. The number of rotatable bonds is 1. The zero-order valence-electron chi connectivity index (χ0n) is 7.27. The molecule has 2 unspecified atom stereocenters. The van der Waals surface area contributed by atoms with Gasteiger partial charge in [0.15, 0.2) is 0 Å². The van der Waals surface area contributed by atoms with E-state index in [1.165, 1.54) is 0 Å². The fourth-order valence-corrected chi connectivity index (χ4v) is 1.53. The third kappa shape index (κ3) is 1.60. The first kappa shape index (κ1) is 9.89. The molecule has 4 heteroatoms. The molecule has 1 aliphatic heterocycles. The van der Waals surface area contributed by atoms with E-state index in [2.05, 4.69) is 0 Å². The quantitative estimate of drug-likeness (QED) is 0.598. The highest BCUT2D eigenvalue weighted by atomic mass is 19.1. The van der Waals surface area contributed by atoms with Gasteiger partial charge in [-0.25, -0.2) is 4.39 Å². The van der Waals surface area contributed by atoms with Gasteiger partial charge in [-0.1, -0.05) is 6.92 Å². The van der Waals surface area contributed by atoms with E-state index in [-0.39, 0.29) is 6.61 Å². The molecule has 0 aromatic carbocycles. The van der Waals surface area contributed by atoms with E-state index in [0.717, 1.165) is 0 Å². The van der Waals surface area contributed by atoms with Crippen molar-refractivity contribution in [2.24, 2.45) is 5.92 Å². The van der Waals surface area contributed by atoms with Crippen LogP contribution in [0.5, 0.6) is 0 Å². The van der Waals surface area contributed by atoms with E-state index < -0.39 is 30.4 Å². The van der Waals surface area contributed by atoms with Crippen LogP contribution >= 0.6 is 0 Å². The lowest BCUT2D eigenvalue weighted by molar-refractivity contribution is -0.180. The highest BCUT2D eigenvalue weighted by molar-refractivity contribution is 4.87. The van der Waals surface area contributed by atoms with Crippen LogP contribution in [0.25, 0.3) is 0 Å². The Hall–Kier alpha value is -0.190. The number of alkyl halides is 1. The molecule has 72 valence electrons. The van der Waals surface area contributed by atoms with Crippen LogP contribution in [0.2, 0.25) is 0 Å². The van der Waals surface area contributed by atoms with Crippen molar-refractivity contribution >= 4 is 0 Å². The Kier molecular flexibility index (Phi) is 3.04. The first-order valence-corrected chi connectivity index (χ1v) is 4.16. The van der Waals surface area contributed by atoms with Crippen molar-refractivity contribution < 1.29 is 19.3 Å². The van der Waals surface area contributed by atoms with Crippen molar-refractivity contribution in [3.63, 3.8) is 0 Å². The fourth-order valence-electron chi connectivity index (χ4n) is 1.53. The van der Waals surface area contributed by atoms with Gasteiger partial charge < -0.3 is 14.9 Å². The SMILES string of the molecule is CC1[C@H](F)C(CO)O[C@@H](C)[C@@H]1O. The Balaban J connectivity index is 2.63. The van der Waals surface area contributed by atoms with Gasteiger partial charge in [0.25, 0.3) is 0 Å². The van der Waals surface area contributed by atoms with Crippen LogP contribution < -0.4 is 0 Å². The zero-order valence-corrected chi connectivity index (χ0v) is 7.27. The lowest BCUT2D eigenvalue weighted by atomic mass is 9.89. The molecule has 2 N–H and O–H groups in total. The number of hydrogen-bond donors (Lipinski definition) is 2. The lowest BCUT2D eigenvalue weighted by Crippen LogP contribution is -2.51. The summed E-state index contributed by atoms with van der Waals surface area (Å²) < 4.78 is 18.3. The molecule has 5 atom stereocenters. The molecule has 1 fully saturated rings. The molecule has 3 nitrogen and oxygen atoms in total. The topological polar surface area (TPSA) is 49.7 Å². The molecule has 0 aromatic heterocycles. The Morgan fingerprint density at radius 2 is 2.00 bits per heavy atom. The highest BCUT2D eigenvalue weighted by Crippen LogP contribution is 2.27. The van der Waals surface area contributed by atoms with Gasteiger partial charge in [-0.05, 0) is 6.92 Å². The Morgan fingerprint density at radius 1 is 1.42 bits per heavy atom. The second-order valence-corrected chi connectivity index (χ2v) is 3.36. The Labute approximate surface area is 71.2 Å². The Morgan fingerprint density at radius 3 is 2.50 bits per heavy atom. The van der Waals surface area contributed by atoms with Crippen molar-refractivity contribution in [1.29, 1.82) is 0 Å². The van der Waals surface area contributed by atoms with E-state index in [9.17, 15) is 9.50 Å². The van der Waals surface area contributed by atoms with Crippen LogP contribution in [0, 0.1) is 5.92 Å². The van der Waals surface area contributed by atoms with Crippen LogP contribution in [0.1, 0.15) is 13.8 Å². The van der Waals surface area contributed by atoms with Gasteiger partial charge in [-0.2, -0.15) is 0 Å². The molecule has 0 aliphatic carbocycles. The number of ether oxygens (including phenoxy) is 1. The summed E-state index contributed by atoms with van der Waals surface area (Å²) in [4.78, 5) is 0. The van der Waals surface area contributed by atoms with Crippen molar-refractivity contribution in [3.8, 4) is 0 Å². The lowest BCUT2D eigenvalue weighted by Gasteiger charge is -2.38. The van der Waals surface area contributed by atoms with E-state index in [1.54, 1.807) is 13.8 Å². The Bertz CT molecular complexity index is 148. The normalized spacial score (nSPS) is 49.2. The van der Waals surface area contributed by atoms with Crippen molar-refractivity contribution in [2.75, 3.05) is 6.61 Å². The summed E-state index contributed by atoms with van der Waals surface area (Å²) >= 11 is 0. The molecule has 0 aromatic rings. The number of hydrogen-bond acceptors (Lipinski definition) is 3. The summed E-state index contributed by atoms with van der Waals surface area (Å²) in [5.41, 5.74) is 0. The smallest absolute Gasteiger partial charge is 0.134 e. The molecule has 12 heavy (non-hydrogen) atoms. The second kappa shape index (κ2) is 3.68. The van der Waals surface area contributed by atoms with Gasteiger partial charge in [-0.3, -0.25) is 0 Å². The van der Waals surface area contributed by atoms with Crippen molar-refractivity contribution in [1.82, 2.24) is 0 Å². The van der Waals surface area contributed by atoms with Gasteiger partial charge in [0, 0.05) is 5.92 Å². The molecule has 0 spiro atoms. The minimum atomic E-state index is -1.28. The maximum absolute atomic E-state index is 13.2. The van der Waals surface area contributed by atoms with Crippen molar-refractivity contribution in [2.45, 2.75) is 38.3 Å². The number of halogens is 1. The minimum Gasteiger partial charge on any atom is -0.394 e. The second-order valence-electron chi connectivity index (χ2n) is 3.36. The van der Waals surface area contributed by atoms with Crippen molar-refractivity contribution in [3.05, 3.63) is 0 Å². The fraction of sp³-hybridized carbons (Fsp3) is 1.00. The van der Waals surface area contributed by atoms with Crippen LogP contribution in [-0.4, -0.2) is 41.3 Å². The molecule has 0 amide bonds. The van der Waals surface area contributed by atoms with Gasteiger partial charge >= 0.3 is 0 Å². The number of aliphatic hydroxyl groups excluding tert-OH is 2. The first-order valence-electron chi connectivity index (χ1n) is 4.16. The predicted octanol–water partition coefficient (Wildman–Crippen LogP) is 0.101. The standard InChI is InChI=1S/C8H15FO3/c1-4-7(9)6(3-10)12-5(2)8(4)11/h4-8,10-11H,3H2,1-2H3/t4?,5-,6?,7-,8+/m0/s1. The van der Waals surface area contributed by atoms with Crippen LogP contribution in [0.15, 0.2) is 0 Å². The summed E-state index contributed by atoms with van der Waals surface area (Å²) in [6, 6.07) is 0. The van der Waals surface area contributed by atoms with Gasteiger partial charge in [0.2, 0.25) is 0 Å². The van der Waals surface area contributed by atoms with Gasteiger partial charge in [0.1, 0.15) is 12.3 Å². The van der Waals surface area contributed by atoms with Gasteiger partial charge in [0.05, 0.1) is 18.8 Å². The average Bonchev–Trinajstić information content (AvgIpc) is 2.08. The van der Waals surface area contributed by atoms with Gasteiger partial charge in [-0.15, -0.1) is 0 Å². The summed E-state index contributed by atoms with van der Waals surface area (Å²) in [5.74, 6) is -0.467. The minimum absolute atomic E-state index is 0.331. The predicted molar refractivity (Wildman–Crippen MR) is 41.5 cm³/mol. The molecule has 0 saturated carbocycles. The molecular weight excluding hydrogens is 163 g/mol. The maximum Gasteiger partial charge on any atom is 0.134 e. The third-order valence-electron chi connectivity index (χ3n) is 2.45. The van der Waals surface area contributed by atoms with E-state index in [0.29, 0.717) is 0 Å². The van der Waals surface area contributed by atoms with Crippen LogP contribution in [0.3, 0.4) is 0 Å². The first-order chi connectivity index (χ1) is 5.57. The monoisotopic (exact) mass is 178 g/mol. The average molecular weight is 178 g/mol. The molecule has 1 rings (SSSR count). The summed E-state index contributed by atoms with van der Waals surface area (Å²) in [7, 11) is 0. The molecule has 0 radical (unpaired) electrons. The largest absolute Gasteiger partial charge is 0.394 e. The maximum atomic E-state index is 13.2. The third-order valence-corrected chi connectivity index (χ3v) is 2.45. The van der Waals surface area contributed by atoms with E-state index in [1.807, 2.05) is 0 Å². The molecule has 1 aliphatic rings. The molecular formula is C8H15FO3. The number of aliphatic hydroxyl groups is 2. The zero-order chi connectivity index (χ0) is 9.30. The van der Waals surface area contributed by atoms with Crippen LogP contribution in [-0.2, 0) is 4.74 Å². The van der Waals surface area contributed by atoms with E-state index >= 15 is 0 Å². The van der Waals surface area contributed by atoms with Crippen LogP contribution in [0.4, 0.5) is 4.39 Å². The molecule has 1 heterocycles. The molecule has 0 bridgehead atoms. The van der Waals surface area contributed by atoms with E-state index in [4.69, 9.17) is 9.84 Å². The summed E-state index contributed by atoms with van der Waals surface area (Å²) in [6.07, 6.45) is -3.23. The highest BCUT2D eigenvalue weighted by Gasteiger charge is 2.40. The molecule has 1 saturated heterocycles. The summed E-state index contributed by atoms with van der Waals surface area (Å²) in [6.45, 7) is 2.97.